The van der Waals surface area contributed by atoms with E-state index in [-0.39, 0.29) is 23.1 Å². The van der Waals surface area contributed by atoms with Crippen LogP contribution in [0, 0.1) is 13.8 Å². The van der Waals surface area contributed by atoms with Crippen molar-refractivity contribution in [3.63, 3.8) is 0 Å². The van der Waals surface area contributed by atoms with Gasteiger partial charge in [0.05, 0.1) is 0 Å². The number of nitrogens with zero attached hydrogens (tertiary/aromatic N) is 1. The van der Waals surface area contributed by atoms with Crippen molar-refractivity contribution in [2.45, 2.75) is 45.6 Å². The van der Waals surface area contributed by atoms with Crippen molar-refractivity contribution in [1.29, 1.82) is 0 Å². The molecule has 5 nitrogen and oxygen atoms in total. The molecule has 27 heavy (non-hydrogen) atoms. The summed E-state index contributed by atoms with van der Waals surface area (Å²) in [6.45, 7) is 6.60. The summed E-state index contributed by atoms with van der Waals surface area (Å²) in [5.41, 5.74) is 2.80. The second-order valence-corrected chi connectivity index (χ2v) is 7.54. The van der Waals surface area contributed by atoms with Crippen molar-refractivity contribution in [3.05, 3.63) is 69.1 Å². The minimum absolute atomic E-state index is 0.100. The lowest BCUT2D eigenvalue weighted by Crippen LogP contribution is -2.48. The van der Waals surface area contributed by atoms with Crippen LogP contribution in [-0.2, 0) is 6.42 Å². The Morgan fingerprint density at radius 1 is 1.26 bits per heavy atom. The Morgan fingerprint density at radius 3 is 2.78 bits per heavy atom. The lowest BCUT2D eigenvalue weighted by atomic mass is 10.0. The molecular weight excluding hydrogens is 338 g/mol. The van der Waals surface area contributed by atoms with Crippen molar-refractivity contribution in [1.82, 2.24) is 15.2 Å². The van der Waals surface area contributed by atoms with Crippen LogP contribution in [-0.4, -0.2) is 41.5 Å². The number of pyridine rings is 1. The molecule has 0 radical (unpaired) electrons. The van der Waals surface area contributed by atoms with Crippen LogP contribution in [0.25, 0.3) is 0 Å². The van der Waals surface area contributed by atoms with E-state index in [9.17, 15) is 9.59 Å². The fourth-order valence-corrected chi connectivity index (χ4v) is 3.92. The van der Waals surface area contributed by atoms with Gasteiger partial charge in [0.2, 0.25) is 0 Å². The van der Waals surface area contributed by atoms with E-state index in [2.05, 4.69) is 39.5 Å². The second-order valence-electron chi connectivity index (χ2n) is 7.54. The molecule has 2 aromatic rings. The van der Waals surface area contributed by atoms with Crippen molar-refractivity contribution < 1.29 is 4.79 Å². The van der Waals surface area contributed by atoms with Gasteiger partial charge in [0.25, 0.3) is 11.5 Å². The lowest BCUT2D eigenvalue weighted by molar-refractivity contribution is 0.0901. The molecule has 144 valence electrons. The molecule has 1 atom stereocenters. The number of nitrogens with one attached hydrogen (secondary N) is 2. The molecule has 1 fully saturated rings. The van der Waals surface area contributed by atoms with Crippen molar-refractivity contribution >= 4 is 5.91 Å². The highest BCUT2D eigenvalue weighted by Crippen LogP contribution is 2.13. The third kappa shape index (κ3) is 5.30. The number of rotatable bonds is 6. The first-order chi connectivity index (χ1) is 13.0. The largest absolute Gasteiger partial charge is 0.348 e. The first kappa shape index (κ1) is 19.4. The standard InChI is InChI=1S/C22H29N3O2/c1-16-14-17(2)23-21(26)20(16)22(27)24-19-11-7-13-25(15-19)12-6-10-18-8-4-3-5-9-18/h3-5,8-9,14,19H,6-7,10-13,15H2,1-2H3,(H,23,26)(H,24,27)/t19-/m1/s1. The summed E-state index contributed by atoms with van der Waals surface area (Å²) < 4.78 is 0. The summed E-state index contributed by atoms with van der Waals surface area (Å²) in [5, 5.41) is 3.07. The molecule has 0 bridgehead atoms. The van der Waals surface area contributed by atoms with Gasteiger partial charge in [-0.05, 0) is 69.8 Å². The van der Waals surface area contributed by atoms with Crippen molar-refractivity contribution in [2.75, 3.05) is 19.6 Å². The third-order valence-corrected chi connectivity index (χ3v) is 5.22. The molecule has 0 aliphatic carbocycles. The van der Waals surface area contributed by atoms with Gasteiger partial charge in [-0.15, -0.1) is 0 Å². The molecule has 1 aromatic heterocycles. The number of piperidine rings is 1. The Kier molecular flexibility index (Phi) is 6.45. The highest BCUT2D eigenvalue weighted by atomic mass is 16.2. The van der Waals surface area contributed by atoms with Crippen LogP contribution in [0.5, 0.6) is 0 Å². The number of aryl methyl sites for hydroxylation is 3. The van der Waals surface area contributed by atoms with Crippen LogP contribution in [0.2, 0.25) is 0 Å². The summed E-state index contributed by atoms with van der Waals surface area (Å²) in [5.74, 6) is -0.259. The number of aromatic nitrogens is 1. The monoisotopic (exact) mass is 367 g/mol. The summed E-state index contributed by atoms with van der Waals surface area (Å²) in [6, 6.07) is 12.5. The van der Waals surface area contributed by atoms with Gasteiger partial charge in [-0.2, -0.15) is 0 Å². The van der Waals surface area contributed by atoms with Gasteiger partial charge in [-0.25, -0.2) is 0 Å². The minimum Gasteiger partial charge on any atom is -0.348 e. The van der Waals surface area contributed by atoms with E-state index in [4.69, 9.17) is 0 Å². The molecule has 1 saturated heterocycles. The fourth-order valence-electron chi connectivity index (χ4n) is 3.92. The molecule has 2 N–H and O–H groups in total. The van der Waals surface area contributed by atoms with Gasteiger partial charge in [-0.3, -0.25) is 9.59 Å². The molecule has 1 aliphatic heterocycles. The summed E-state index contributed by atoms with van der Waals surface area (Å²) in [7, 11) is 0. The van der Waals surface area contributed by atoms with Crippen LogP contribution in [0.1, 0.15) is 46.4 Å². The zero-order valence-corrected chi connectivity index (χ0v) is 16.3. The van der Waals surface area contributed by atoms with E-state index in [1.165, 1.54) is 5.56 Å². The highest BCUT2D eigenvalue weighted by Gasteiger charge is 2.23. The lowest BCUT2D eigenvalue weighted by Gasteiger charge is -2.33. The Morgan fingerprint density at radius 2 is 2.04 bits per heavy atom. The maximum atomic E-state index is 12.6. The first-order valence-corrected chi connectivity index (χ1v) is 9.80. The molecule has 0 spiro atoms. The Hall–Kier alpha value is -2.40. The van der Waals surface area contributed by atoms with E-state index in [0.717, 1.165) is 56.6 Å². The normalized spacial score (nSPS) is 17.6. The smallest absolute Gasteiger partial charge is 0.261 e. The Labute approximate surface area is 160 Å². The number of carbonyl (C=O) groups is 1. The topological polar surface area (TPSA) is 65.2 Å². The van der Waals surface area contributed by atoms with E-state index in [1.54, 1.807) is 0 Å². The van der Waals surface area contributed by atoms with Gasteiger partial charge >= 0.3 is 0 Å². The Balaban J connectivity index is 1.52. The maximum Gasteiger partial charge on any atom is 0.261 e. The van der Waals surface area contributed by atoms with Crippen LogP contribution in [0.3, 0.4) is 0 Å². The van der Waals surface area contributed by atoms with Gasteiger partial charge in [0, 0.05) is 18.3 Å². The van der Waals surface area contributed by atoms with Crippen molar-refractivity contribution in [2.24, 2.45) is 0 Å². The number of hydrogen-bond acceptors (Lipinski definition) is 3. The molecule has 3 rings (SSSR count). The predicted molar refractivity (Wildman–Crippen MR) is 108 cm³/mol. The molecule has 0 saturated carbocycles. The first-order valence-electron chi connectivity index (χ1n) is 9.80. The number of H-pyrrole nitrogens is 1. The quantitative estimate of drug-likeness (QED) is 0.825. The van der Waals surface area contributed by atoms with E-state index < -0.39 is 0 Å². The van der Waals surface area contributed by atoms with Crippen LogP contribution in [0.4, 0.5) is 0 Å². The molecule has 1 aliphatic rings. The number of benzene rings is 1. The summed E-state index contributed by atoms with van der Waals surface area (Å²) in [4.78, 5) is 29.9. The number of carbonyl (C=O) groups excluding carboxylic acids is 1. The zero-order chi connectivity index (χ0) is 19.2. The van der Waals surface area contributed by atoms with E-state index in [1.807, 2.05) is 26.0 Å². The Bertz CT molecular complexity index is 829. The molecular formula is C22H29N3O2. The van der Waals surface area contributed by atoms with Gasteiger partial charge in [0.1, 0.15) is 5.56 Å². The van der Waals surface area contributed by atoms with E-state index >= 15 is 0 Å². The summed E-state index contributed by atoms with van der Waals surface area (Å²) in [6.07, 6.45) is 4.22. The number of likely N-dealkylation sites (tertiary alicyclic amines) is 1. The second kappa shape index (κ2) is 9.00. The van der Waals surface area contributed by atoms with Gasteiger partial charge < -0.3 is 15.2 Å². The molecule has 2 heterocycles. The SMILES string of the molecule is Cc1cc(C)c(C(=O)N[C@@H]2CCCN(CCCc3ccccc3)C2)c(=O)[nH]1. The zero-order valence-electron chi connectivity index (χ0n) is 16.3. The highest BCUT2D eigenvalue weighted by molar-refractivity contribution is 5.95. The maximum absolute atomic E-state index is 12.6. The molecule has 1 aromatic carbocycles. The third-order valence-electron chi connectivity index (χ3n) is 5.22. The van der Waals surface area contributed by atoms with Crippen molar-refractivity contribution in [3.8, 4) is 0 Å². The van der Waals surface area contributed by atoms with Crippen LogP contribution < -0.4 is 10.9 Å². The average molecular weight is 367 g/mol. The number of hydrogen-bond donors (Lipinski definition) is 2. The number of aromatic amines is 1. The van der Waals surface area contributed by atoms with Gasteiger partial charge in [-0.1, -0.05) is 30.3 Å². The van der Waals surface area contributed by atoms with Gasteiger partial charge in [0.15, 0.2) is 0 Å². The minimum atomic E-state index is -0.305. The predicted octanol–water partition coefficient (Wildman–Crippen LogP) is 2.82. The molecule has 5 heteroatoms. The fraction of sp³-hybridized carbons (Fsp3) is 0.455. The van der Waals surface area contributed by atoms with E-state index in [0.29, 0.717) is 0 Å². The van der Waals surface area contributed by atoms with Crippen LogP contribution in [0.15, 0.2) is 41.2 Å². The molecule has 1 amide bonds. The van der Waals surface area contributed by atoms with Crippen LogP contribution >= 0.6 is 0 Å². The number of amides is 1. The summed E-state index contributed by atoms with van der Waals surface area (Å²) >= 11 is 0. The average Bonchev–Trinajstić information content (AvgIpc) is 2.62. The molecule has 0 unspecified atom stereocenters.